The van der Waals surface area contributed by atoms with Gasteiger partial charge in [0.15, 0.2) is 0 Å². The molecule has 0 saturated carbocycles. The molecule has 0 unspecified atom stereocenters. The van der Waals surface area contributed by atoms with Crippen LogP contribution >= 0.6 is 0 Å². The van der Waals surface area contributed by atoms with E-state index >= 15 is 0 Å². The standard InChI is InChI=1S/C21H41NO4/c1-5-7-9-10-11-12-13-14-16-25-20(23)19(17-18(3)4)22-21(24)26-15-8-6-2/h18-19H,5-17H2,1-4H3,(H,22,24)/t19-/m0/s1. The van der Waals surface area contributed by atoms with E-state index < -0.39 is 12.1 Å². The Bertz CT molecular complexity index is 358. The second kappa shape index (κ2) is 17.2. The van der Waals surface area contributed by atoms with E-state index in [0.717, 1.165) is 25.7 Å². The van der Waals surface area contributed by atoms with Crippen molar-refractivity contribution in [1.29, 1.82) is 0 Å². The number of amides is 1. The molecule has 0 aromatic carbocycles. The van der Waals surface area contributed by atoms with Crippen molar-refractivity contribution in [2.24, 2.45) is 5.92 Å². The zero-order valence-corrected chi connectivity index (χ0v) is 17.5. The molecule has 5 heteroatoms. The first-order valence-electron chi connectivity index (χ1n) is 10.6. The van der Waals surface area contributed by atoms with Gasteiger partial charge in [-0.05, 0) is 25.2 Å². The summed E-state index contributed by atoms with van der Waals surface area (Å²) in [6.45, 7) is 9.09. The monoisotopic (exact) mass is 371 g/mol. The first kappa shape index (κ1) is 24.7. The number of unbranched alkanes of at least 4 members (excludes halogenated alkanes) is 8. The average Bonchev–Trinajstić information content (AvgIpc) is 2.59. The van der Waals surface area contributed by atoms with Gasteiger partial charge in [-0.1, -0.05) is 79.1 Å². The normalized spacial score (nSPS) is 12.0. The fraction of sp³-hybridized carbons (Fsp3) is 0.905. The van der Waals surface area contributed by atoms with Crippen molar-refractivity contribution >= 4 is 12.1 Å². The predicted molar refractivity (Wildman–Crippen MR) is 106 cm³/mol. The van der Waals surface area contributed by atoms with Crippen molar-refractivity contribution < 1.29 is 19.1 Å². The highest BCUT2D eigenvalue weighted by atomic mass is 16.6. The number of esters is 1. The van der Waals surface area contributed by atoms with Crippen LogP contribution in [-0.2, 0) is 14.3 Å². The van der Waals surface area contributed by atoms with Crippen molar-refractivity contribution in [2.45, 2.75) is 104 Å². The third kappa shape index (κ3) is 15.0. The highest BCUT2D eigenvalue weighted by Crippen LogP contribution is 2.10. The molecule has 0 fully saturated rings. The van der Waals surface area contributed by atoms with Crippen LogP contribution in [0, 0.1) is 5.92 Å². The molecule has 0 spiro atoms. The Morgan fingerprint density at radius 1 is 0.769 bits per heavy atom. The summed E-state index contributed by atoms with van der Waals surface area (Å²) in [4.78, 5) is 24.1. The van der Waals surface area contributed by atoms with Crippen LogP contribution in [0.3, 0.4) is 0 Å². The molecule has 1 N–H and O–H groups in total. The van der Waals surface area contributed by atoms with Gasteiger partial charge in [0.05, 0.1) is 13.2 Å². The second-order valence-electron chi connectivity index (χ2n) is 7.46. The van der Waals surface area contributed by atoms with Crippen molar-refractivity contribution in [3.05, 3.63) is 0 Å². The summed E-state index contributed by atoms with van der Waals surface area (Å²) < 4.78 is 10.5. The molecule has 0 heterocycles. The number of alkyl carbamates (subject to hydrolysis) is 1. The van der Waals surface area contributed by atoms with E-state index in [1.54, 1.807) is 0 Å². The van der Waals surface area contributed by atoms with E-state index in [-0.39, 0.29) is 11.9 Å². The maximum Gasteiger partial charge on any atom is 0.407 e. The van der Waals surface area contributed by atoms with E-state index in [9.17, 15) is 9.59 Å². The minimum atomic E-state index is -0.627. The number of hydrogen-bond donors (Lipinski definition) is 1. The fourth-order valence-electron chi connectivity index (χ4n) is 2.69. The first-order chi connectivity index (χ1) is 12.5. The van der Waals surface area contributed by atoms with Crippen molar-refractivity contribution in [3.8, 4) is 0 Å². The van der Waals surface area contributed by atoms with Crippen LogP contribution in [0.25, 0.3) is 0 Å². The lowest BCUT2D eigenvalue weighted by Gasteiger charge is -2.19. The summed E-state index contributed by atoms with van der Waals surface area (Å²) in [6, 6.07) is -0.627. The van der Waals surface area contributed by atoms with Gasteiger partial charge >= 0.3 is 12.1 Å². The molecule has 1 amide bonds. The van der Waals surface area contributed by atoms with E-state index in [4.69, 9.17) is 9.47 Å². The molecule has 1 atom stereocenters. The Hall–Kier alpha value is -1.26. The molecule has 0 aliphatic heterocycles. The Labute approximate surface area is 160 Å². The lowest BCUT2D eigenvalue weighted by molar-refractivity contribution is -0.146. The maximum atomic E-state index is 12.3. The molecular weight excluding hydrogens is 330 g/mol. The van der Waals surface area contributed by atoms with E-state index in [1.807, 2.05) is 20.8 Å². The summed E-state index contributed by atoms with van der Waals surface area (Å²) in [6.07, 6.45) is 11.4. The zero-order valence-electron chi connectivity index (χ0n) is 17.5. The molecule has 0 radical (unpaired) electrons. The molecule has 0 aromatic heterocycles. The largest absolute Gasteiger partial charge is 0.464 e. The van der Waals surface area contributed by atoms with Crippen LogP contribution < -0.4 is 5.32 Å². The molecular formula is C21H41NO4. The van der Waals surface area contributed by atoms with Gasteiger partial charge in [0.2, 0.25) is 0 Å². The van der Waals surface area contributed by atoms with Crippen LogP contribution in [0.5, 0.6) is 0 Å². The minimum absolute atomic E-state index is 0.284. The number of rotatable bonds is 16. The molecule has 26 heavy (non-hydrogen) atoms. The SMILES string of the molecule is CCCCCCCCCCOC(=O)[C@H](CC(C)C)NC(=O)OCCCC. The molecule has 5 nitrogen and oxygen atoms in total. The number of nitrogens with one attached hydrogen (secondary N) is 1. The molecule has 0 aromatic rings. The fourth-order valence-corrected chi connectivity index (χ4v) is 2.69. The number of carbonyl (C=O) groups is 2. The van der Waals surface area contributed by atoms with Gasteiger partial charge in [0, 0.05) is 0 Å². The summed E-state index contributed by atoms with van der Waals surface area (Å²) in [5, 5.41) is 2.65. The lowest BCUT2D eigenvalue weighted by Crippen LogP contribution is -2.43. The van der Waals surface area contributed by atoms with Crippen LogP contribution in [0.4, 0.5) is 4.79 Å². The van der Waals surface area contributed by atoms with Crippen molar-refractivity contribution in [2.75, 3.05) is 13.2 Å². The Morgan fingerprint density at radius 3 is 1.88 bits per heavy atom. The molecule has 0 rings (SSSR count). The van der Waals surface area contributed by atoms with Crippen molar-refractivity contribution in [3.63, 3.8) is 0 Å². The van der Waals surface area contributed by atoms with Gasteiger partial charge < -0.3 is 14.8 Å². The quantitative estimate of drug-likeness (QED) is 0.283. The van der Waals surface area contributed by atoms with Crippen LogP contribution in [-0.4, -0.2) is 31.3 Å². The number of hydrogen-bond acceptors (Lipinski definition) is 4. The second-order valence-corrected chi connectivity index (χ2v) is 7.46. The Balaban J connectivity index is 3.98. The molecule has 0 bridgehead atoms. The van der Waals surface area contributed by atoms with Gasteiger partial charge in [-0.3, -0.25) is 0 Å². The Morgan fingerprint density at radius 2 is 1.31 bits per heavy atom. The molecule has 0 aliphatic carbocycles. The Kier molecular flexibility index (Phi) is 16.3. The minimum Gasteiger partial charge on any atom is -0.464 e. The summed E-state index contributed by atoms with van der Waals surface area (Å²) >= 11 is 0. The molecule has 0 saturated heterocycles. The molecule has 0 aliphatic rings. The van der Waals surface area contributed by atoms with E-state index in [2.05, 4.69) is 12.2 Å². The lowest BCUT2D eigenvalue weighted by atomic mass is 10.0. The highest BCUT2D eigenvalue weighted by Gasteiger charge is 2.23. The summed E-state index contributed by atoms with van der Waals surface area (Å²) in [5.74, 6) is -0.0688. The number of carbonyl (C=O) groups excluding carboxylic acids is 2. The van der Waals surface area contributed by atoms with Crippen LogP contribution in [0.15, 0.2) is 0 Å². The van der Waals surface area contributed by atoms with Gasteiger partial charge in [0.25, 0.3) is 0 Å². The van der Waals surface area contributed by atoms with Gasteiger partial charge in [0.1, 0.15) is 6.04 Å². The van der Waals surface area contributed by atoms with Gasteiger partial charge in [-0.2, -0.15) is 0 Å². The number of ether oxygens (including phenoxy) is 2. The zero-order chi connectivity index (χ0) is 19.6. The van der Waals surface area contributed by atoms with Crippen LogP contribution in [0.1, 0.15) is 98.3 Å². The maximum absolute atomic E-state index is 12.3. The highest BCUT2D eigenvalue weighted by molar-refractivity contribution is 5.81. The average molecular weight is 372 g/mol. The van der Waals surface area contributed by atoms with Crippen LogP contribution in [0.2, 0.25) is 0 Å². The third-order valence-electron chi connectivity index (χ3n) is 4.26. The van der Waals surface area contributed by atoms with E-state index in [0.29, 0.717) is 19.6 Å². The predicted octanol–water partition coefficient (Wildman–Crippen LogP) is 5.61. The topological polar surface area (TPSA) is 64.6 Å². The van der Waals surface area contributed by atoms with Crippen molar-refractivity contribution in [1.82, 2.24) is 5.32 Å². The van der Waals surface area contributed by atoms with E-state index in [1.165, 1.54) is 38.5 Å². The van der Waals surface area contributed by atoms with Gasteiger partial charge in [-0.25, -0.2) is 9.59 Å². The summed E-state index contributed by atoms with van der Waals surface area (Å²) in [5.41, 5.74) is 0. The smallest absolute Gasteiger partial charge is 0.407 e. The third-order valence-corrected chi connectivity index (χ3v) is 4.26. The first-order valence-corrected chi connectivity index (χ1v) is 10.6. The summed E-state index contributed by atoms with van der Waals surface area (Å²) in [7, 11) is 0. The van der Waals surface area contributed by atoms with Gasteiger partial charge in [-0.15, -0.1) is 0 Å². The molecule has 154 valence electrons.